The highest BCUT2D eigenvalue weighted by Crippen LogP contribution is 2.34. The van der Waals surface area contributed by atoms with Gasteiger partial charge in [-0.2, -0.15) is 0 Å². The number of hydrogen-bond acceptors (Lipinski definition) is 5. The number of aromatic nitrogens is 2. The molecule has 33 heavy (non-hydrogen) atoms. The highest BCUT2D eigenvalue weighted by atomic mass is 35.5. The summed E-state index contributed by atoms with van der Waals surface area (Å²) in [6.07, 6.45) is 3.21. The quantitative estimate of drug-likeness (QED) is 0.296. The zero-order chi connectivity index (χ0) is 23.2. The van der Waals surface area contributed by atoms with Crippen molar-refractivity contribution >= 4 is 33.3 Å². The van der Waals surface area contributed by atoms with Crippen molar-refractivity contribution in [3.8, 4) is 22.8 Å². The molecule has 1 unspecified atom stereocenters. The number of ether oxygens (including phenoxy) is 1. The van der Waals surface area contributed by atoms with E-state index >= 15 is 0 Å². The van der Waals surface area contributed by atoms with Crippen LogP contribution in [0.25, 0.3) is 22.2 Å². The second-order valence-corrected chi connectivity index (χ2v) is 9.42. The summed E-state index contributed by atoms with van der Waals surface area (Å²) in [5.41, 5.74) is 1.27. The van der Waals surface area contributed by atoms with E-state index in [0.29, 0.717) is 43.8 Å². The third kappa shape index (κ3) is 5.55. The number of nitrogens with one attached hydrogen (secondary N) is 1. The van der Waals surface area contributed by atoms with Gasteiger partial charge in [0.25, 0.3) is 0 Å². The Balaban J connectivity index is 1.59. The fourth-order valence-corrected chi connectivity index (χ4v) is 4.89. The van der Waals surface area contributed by atoms with Crippen LogP contribution in [-0.4, -0.2) is 33.5 Å². The lowest BCUT2D eigenvalue weighted by atomic mass is 10.1. The Morgan fingerprint density at radius 2 is 1.85 bits per heavy atom. The molecule has 4 rings (SSSR count). The van der Waals surface area contributed by atoms with Crippen LogP contribution in [0.3, 0.4) is 0 Å². The van der Waals surface area contributed by atoms with Gasteiger partial charge in [-0.15, -0.1) is 0 Å². The minimum Gasteiger partial charge on any atom is -0.457 e. The summed E-state index contributed by atoms with van der Waals surface area (Å²) in [4.78, 5) is 9.22. The fourth-order valence-electron chi connectivity index (χ4n) is 3.48. The monoisotopic (exact) mass is 483 g/mol. The molecule has 0 aliphatic heterocycles. The van der Waals surface area contributed by atoms with E-state index in [2.05, 4.69) is 15.3 Å². The SMILES string of the molecule is CNCCCCS(=O)c1cccc(Oc2ccc(F)c(-c3ncnc4c(Cl)cccc34)c2)c1. The summed E-state index contributed by atoms with van der Waals surface area (Å²) >= 11 is 6.25. The minimum absolute atomic E-state index is 0.284. The van der Waals surface area contributed by atoms with E-state index in [1.165, 1.54) is 12.4 Å². The van der Waals surface area contributed by atoms with Crippen molar-refractivity contribution < 1.29 is 13.3 Å². The first-order chi connectivity index (χ1) is 16.1. The molecule has 0 aliphatic carbocycles. The van der Waals surface area contributed by atoms with Crippen LogP contribution in [0.2, 0.25) is 5.02 Å². The average molecular weight is 484 g/mol. The van der Waals surface area contributed by atoms with Crippen LogP contribution in [0.15, 0.2) is 71.9 Å². The zero-order valence-electron chi connectivity index (χ0n) is 18.1. The van der Waals surface area contributed by atoms with Gasteiger partial charge in [0, 0.05) is 21.6 Å². The summed E-state index contributed by atoms with van der Waals surface area (Å²) in [6, 6.07) is 17.0. The van der Waals surface area contributed by atoms with E-state index in [4.69, 9.17) is 16.3 Å². The van der Waals surface area contributed by atoms with Crippen molar-refractivity contribution in [1.82, 2.24) is 15.3 Å². The number of hydrogen-bond donors (Lipinski definition) is 1. The van der Waals surface area contributed by atoms with Gasteiger partial charge in [-0.3, -0.25) is 4.21 Å². The standard InChI is InChI=1S/C25H23ClFN3O2S/c1-28-12-2-3-13-33(31)19-7-4-6-17(14-19)32-18-10-11-23(27)21(15-18)24-20-8-5-9-22(26)25(20)30-16-29-24/h4-11,14-16,28H,2-3,12-13H2,1H3. The molecule has 1 heterocycles. The second-order valence-electron chi connectivity index (χ2n) is 7.44. The molecule has 8 heteroatoms. The topological polar surface area (TPSA) is 64.1 Å². The van der Waals surface area contributed by atoms with Gasteiger partial charge >= 0.3 is 0 Å². The van der Waals surface area contributed by atoms with Crippen molar-refractivity contribution in [1.29, 1.82) is 0 Å². The van der Waals surface area contributed by atoms with E-state index < -0.39 is 16.6 Å². The zero-order valence-corrected chi connectivity index (χ0v) is 19.6. The van der Waals surface area contributed by atoms with Gasteiger partial charge in [0.1, 0.15) is 23.6 Å². The van der Waals surface area contributed by atoms with Crippen LogP contribution in [-0.2, 0) is 10.8 Å². The average Bonchev–Trinajstić information content (AvgIpc) is 2.83. The van der Waals surface area contributed by atoms with Gasteiger partial charge < -0.3 is 10.1 Å². The Hall–Kier alpha value is -2.87. The first-order valence-electron chi connectivity index (χ1n) is 10.6. The Morgan fingerprint density at radius 1 is 1.03 bits per heavy atom. The maximum Gasteiger partial charge on any atom is 0.132 e. The van der Waals surface area contributed by atoms with E-state index in [1.807, 2.05) is 13.1 Å². The lowest BCUT2D eigenvalue weighted by molar-refractivity contribution is 0.479. The third-order valence-electron chi connectivity index (χ3n) is 5.12. The molecule has 4 aromatic rings. The number of halogens is 2. The number of benzene rings is 3. The molecule has 0 saturated carbocycles. The Morgan fingerprint density at radius 3 is 2.70 bits per heavy atom. The van der Waals surface area contributed by atoms with Gasteiger partial charge in [-0.25, -0.2) is 14.4 Å². The van der Waals surface area contributed by atoms with Crippen LogP contribution in [0.4, 0.5) is 4.39 Å². The van der Waals surface area contributed by atoms with Gasteiger partial charge in [0.15, 0.2) is 0 Å². The van der Waals surface area contributed by atoms with Crippen molar-refractivity contribution in [2.24, 2.45) is 0 Å². The van der Waals surface area contributed by atoms with Crippen molar-refractivity contribution in [3.63, 3.8) is 0 Å². The molecule has 0 amide bonds. The normalized spacial score (nSPS) is 12.1. The summed E-state index contributed by atoms with van der Waals surface area (Å²) in [5.74, 6) is 1.13. The molecular weight excluding hydrogens is 461 g/mol. The lowest BCUT2D eigenvalue weighted by Gasteiger charge is -2.11. The fraction of sp³-hybridized carbons (Fsp3) is 0.200. The first-order valence-corrected chi connectivity index (χ1v) is 12.3. The van der Waals surface area contributed by atoms with E-state index in [9.17, 15) is 8.60 Å². The van der Waals surface area contributed by atoms with Crippen LogP contribution in [0.1, 0.15) is 12.8 Å². The molecule has 1 N–H and O–H groups in total. The van der Waals surface area contributed by atoms with Crippen molar-refractivity contribution in [2.45, 2.75) is 17.7 Å². The number of nitrogens with zero attached hydrogens (tertiary/aromatic N) is 2. The number of fused-ring (bicyclic) bond motifs is 1. The highest BCUT2D eigenvalue weighted by molar-refractivity contribution is 7.85. The molecule has 0 aliphatic rings. The number of unbranched alkanes of at least 4 members (excludes halogenated alkanes) is 1. The molecule has 1 aromatic heterocycles. The molecule has 0 bridgehead atoms. The minimum atomic E-state index is -1.11. The maximum atomic E-state index is 14.8. The predicted molar refractivity (Wildman–Crippen MR) is 131 cm³/mol. The van der Waals surface area contributed by atoms with Crippen LogP contribution >= 0.6 is 11.6 Å². The summed E-state index contributed by atoms with van der Waals surface area (Å²) < 4.78 is 33.4. The third-order valence-corrected chi connectivity index (χ3v) is 6.86. The van der Waals surface area contributed by atoms with Gasteiger partial charge in [-0.1, -0.05) is 29.8 Å². The van der Waals surface area contributed by atoms with Gasteiger partial charge in [0.2, 0.25) is 0 Å². The first kappa shape index (κ1) is 23.3. The lowest BCUT2D eigenvalue weighted by Crippen LogP contribution is -2.09. The Kier molecular flexibility index (Phi) is 7.65. The second kappa shape index (κ2) is 10.8. The largest absolute Gasteiger partial charge is 0.457 e. The molecule has 1 atom stereocenters. The number of rotatable bonds is 9. The summed E-state index contributed by atoms with van der Waals surface area (Å²) in [7, 11) is 0.796. The van der Waals surface area contributed by atoms with Gasteiger partial charge in [0.05, 0.1) is 27.0 Å². The van der Waals surface area contributed by atoms with Crippen molar-refractivity contribution in [3.05, 3.63) is 77.8 Å². The van der Waals surface area contributed by atoms with Gasteiger partial charge in [-0.05, 0) is 68.9 Å². The molecule has 170 valence electrons. The molecule has 0 spiro atoms. The molecule has 0 saturated heterocycles. The molecular formula is C25H23ClFN3O2S. The predicted octanol–water partition coefficient (Wildman–Crippen LogP) is 5.99. The smallest absolute Gasteiger partial charge is 0.132 e. The van der Waals surface area contributed by atoms with Crippen LogP contribution in [0, 0.1) is 5.82 Å². The Bertz CT molecular complexity index is 1300. The maximum absolute atomic E-state index is 14.8. The van der Waals surface area contributed by atoms with Crippen LogP contribution in [0.5, 0.6) is 11.5 Å². The van der Waals surface area contributed by atoms with Crippen molar-refractivity contribution in [2.75, 3.05) is 19.3 Å². The van der Waals surface area contributed by atoms with E-state index in [1.54, 1.807) is 48.5 Å². The molecule has 0 fully saturated rings. The number of para-hydroxylation sites is 1. The molecule has 0 radical (unpaired) electrons. The molecule has 5 nitrogen and oxygen atoms in total. The Labute approximate surface area is 199 Å². The van der Waals surface area contributed by atoms with E-state index in [-0.39, 0.29) is 5.56 Å². The summed E-state index contributed by atoms with van der Waals surface area (Å²) in [6.45, 7) is 0.904. The summed E-state index contributed by atoms with van der Waals surface area (Å²) in [5, 5.41) is 4.21. The highest BCUT2D eigenvalue weighted by Gasteiger charge is 2.14. The van der Waals surface area contributed by atoms with E-state index in [0.717, 1.165) is 19.4 Å². The van der Waals surface area contributed by atoms with Crippen LogP contribution < -0.4 is 10.1 Å². The molecule has 3 aromatic carbocycles.